The summed E-state index contributed by atoms with van der Waals surface area (Å²) in [6, 6.07) is 7.59. The Hall–Kier alpha value is -2.63. The van der Waals surface area contributed by atoms with Crippen LogP contribution in [-0.4, -0.2) is 34.6 Å². The third kappa shape index (κ3) is 4.07. The first-order valence-corrected chi connectivity index (χ1v) is 8.75. The third-order valence-electron chi connectivity index (χ3n) is 3.68. The second-order valence-corrected chi connectivity index (χ2v) is 7.12. The number of rotatable bonds is 8. The molecular formula is C18H20O6S. The van der Waals surface area contributed by atoms with Gasteiger partial charge in [-0.3, -0.25) is 9.59 Å². The molecule has 0 bridgehead atoms. The van der Waals surface area contributed by atoms with Gasteiger partial charge in [-0.15, -0.1) is 12.3 Å². The van der Waals surface area contributed by atoms with E-state index in [4.69, 9.17) is 9.47 Å². The molecule has 0 saturated carbocycles. The van der Waals surface area contributed by atoms with Crippen LogP contribution in [0.4, 0.5) is 0 Å². The largest absolute Gasteiger partial charge is 0.468 e. The number of carbonyl (C=O) groups is 2. The average molecular weight is 364 g/mol. The van der Waals surface area contributed by atoms with E-state index in [0.29, 0.717) is 0 Å². The molecule has 134 valence electrons. The molecule has 0 aliphatic rings. The molecule has 0 saturated heterocycles. The van der Waals surface area contributed by atoms with E-state index < -0.39 is 33.6 Å². The summed E-state index contributed by atoms with van der Waals surface area (Å²) in [5, 5.41) is 0. The van der Waals surface area contributed by atoms with Crippen molar-refractivity contribution in [3.63, 3.8) is 0 Å². The molecule has 0 amide bonds. The number of benzene rings is 1. The lowest BCUT2D eigenvalue weighted by atomic mass is 9.81. The second kappa shape index (κ2) is 8.46. The van der Waals surface area contributed by atoms with E-state index in [1.165, 1.54) is 18.2 Å². The van der Waals surface area contributed by atoms with Crippen LogP contribution in [0, 0.1) is 5.41 Å². The Kier molecular flexibility index (Phi) is 6.91. The van der Waals surface area contributed by atoms with Gasteiger partial charge in [0.15, 0.2) is 5.41 Å². The molecule has 0 unspecified atom stereocenters. The lowest BCUT2D eigenvalue weighted by molar-refractivity contribution is -0.168. The highest BCUT2D eigenvalue weighted by Crippen LogP contribution is 2.37. The minimum atomic E-state index is -3.99. The molecule has 0 atom stereocenters. The highest BCUT2D eigenvalue weighted by molar-refractivity contribution is 7.95. The minimum absolute atomic E-state index is 0.00313. The predicted octanol–water partition coefficient (Wildman–Crippen LogP) is 2.43. The Labute approximate surface area is 147 Å². The number of methoxy groups -OCH3 is 2. The smallest absolute Gasteiger partial charge is 0.323 e. The van der Waals surface area contributed by atoms with Gasteiger partial charge in [0.1, 0.15) is 0 Å². The van der Waals surface area contributed by atoms with E-state index in [0.717, 1.165) is 14.2 Å². The average Bonchev–Trinajstić information content (AvgIpc) is 2.64. The van der Waals surface area contributed by atoms with Gasteiger partial charge in [0, 0.05) is 6.42 Å². The van der Waals surface area contributed by atoms with Crippen LogP contribution in [0.5, 0.6) is 0 Å². The van der Waals surface area contributed by atoms with E-state index in [-0.39, 0.29) is 16.2 Å². The number of hydrogen-bond acceptors (Lipinski definition) is 6. The molecule has 1 aromatic carbocycles. The van der Waals surface area contributed by atoms with Crippen molar-refractivity contribution in [2.45, 2.75) is 17.7 Å². The number of ether oxygens (including phenoxy) is 2. The van der Waals surface area contributed by atoms with Crippen molar-refractivity contribution in [2.24, 2.45) is 5.41 Å². The van der Waals surface area contributed by atoms with Gasteiger partial charge in [0.2, 0.25) is 9.84 Å². The van der Waals surface area contributed by atoms with Crippen LogP contribution in [0.15, 0.2) is 65.1 Å². The van der Waals surface area contributed by atoms with E-state index in [9.17, 15) is 18.0 Å². The van der Waals surface area contributed by atoms with Crippen LogP contribution in [0.1, 0.15) is 12.8 Å². The number of sulfone groups is 1. The monoisotopic (exact) mass is 364 g/mol. The third-order valence-corrected chi connectivity index (χ3v) is 5.51. The number of allylic oxidation sites excluding steroid dienone is 2. The standard InChI is InChI=1S/C18H20O6S/c1-5-12-18(16(19)23-3,17(20)24-4)13-14(6-2)25(21,22)15-10-8-7-9-11-15/h5,7-11H,1-2,12-13H2,3-4H3. The maximum absolute atomic E-state index is 12.8. The topological polar surface area (TPSA) is 86.7 Å². The van der Waals surface area contributed by atoms with Gasteiger partial charge in [-0.1, -0.05) is 30.9 Å². The summed E-state index contributed by atoms with van der Waals surface area (Å²) >= 11 is 0. The first-order chi connectivity index (χ1) is 11.8. The fourth-order valence-corrected chi connectivity index (χ4v) is 3.80. The summed E-state index contributed by atoms with van der Waals surface area (Å²) in [7, 11) is -1.79. The second-order valence-electron chi connectivity index (χ2n) is 5.15. The first kappa shape index (κ1) is 20.4. The SMILES string of the molecule is C=C=C(CC(CC=C)(C(=O)OC)C(=O)OC)S(=O)(=O)c1ccccc1. The molecule has 1 rings (SSSR count). The summed E-state index contributed by atoms with van der Waals surface area (Å²) in [4.78, 5) is 24.3. The Morgan fingerprint density at radius 1 is 1.16 bits per heavy atom. The van der Waals surface area contributed by atoms with Crippen LogP contribution in [0.2, 0.25) is 0 Å². The molecule has 0 fully saturated rings. The first-order valence-electron chi connectivity index (χ1n) is 7.27. The van der Waals surface area contributed by atoms with Gasteiger partial charge in [-0.05, 0) is 18.6 Å². The van der Waals surface area contributed by atoms with Crippen LogP contribution in [0.3, 0.4) is 0 Å². The molecule has 0 N–H and O–H groups in total. The van der Waals surface area contributed by atoms with E-state index >= 15 is 0 Å². The number of esters is 2. The molecule has 25 heavy (non-hydrogen) atoms. The quantitative estimate of drug-likeness (QED) is 0.305. The van der Waals surface area contributed by atoms with Gasteiger partial charge in [0.05, 0.1) is 24.0 Å². The lowest BCUT2D eigenvalue weighted by Gasteiger charge is -2.27. The molecule has 1 aromatic rings. The van der Waals surface area contributed by atoms with Crippen LogP contribution < -0.4 is 0 Å². The number of carbonyl (C=O) groups excluding carboxylic acids is 2. The fraction of sp³-hybridized carbons (Fsp3) is 0.278. The normalized spacial score (nSPS) is 11.1. The van der Waals surface area contributed by atoms with Crippen molar-refractivity contribution in [1.82, 2.24) is 0 Å². The van der Waals surface area contributed by atoms with Crippen LogP contribution >= 0.6 is 0 Å². The van der Waals surface area contributed by atoms with Crippen molar-refractivity contribution >= 4 is 21.8 Å². The van der Waals surface area contributed by atoms with Gasteiger partial charge in [0.25, 0.3) is 0 Å². The summed E-state index contributed by atoms with van der Waals surface area (Å²) in [5.74, 6) is -1.84. The highest BCUT2D eigenvalue weighted by Gasteiger charge is 2.49. The molecule has 7 heteroatoms. The zero-order chi connectivity index (χ0) is 19.1. The molecule has 0 aliphatic heterocycles. The molecular weight excluding hydrogens is 344 g/mol. The Balaban J connectivity index is 3.48. The lowest BCUT2D eigenvalue weighted by Crippen LogP contribution is -2.42. The summed E-state index contributed by atoms with van der Waals surface area (Å²) in [6.45, 7) is 6.92. The van der Waals surface area contributed by atoms with E-state index in [1.807, 2.05) is 0 Å². The van der Waals surface area contributed by atoms with Crippen molar-refractivity contribution < 1.29 is 27.5 Å². The summed E-state index contributed by atoms with van der Waals surface area (Å²) in [5.41, 5.74) is 0.459. The van der Waals surface area contributed by atoms with Crippen LogP contribution in [0.25, 0.3) is 0 Å². The summed E-state index contributed by atoms with van der Waals surface area (Å²) < 4.78 is 35.0. The van der Waals surface area contributed by atoms with Crippen molar-refractivity contribution in [1.29, 1.82) is 0 Å². The van der Waals surface area contributed by atoms with Crippen molar-refractivity contribution in [2.75, 3.05) is 14.2 Å². The van der Waals surface area contributed by atoms with Gasteiger partial charge >= 0.3 is 11.9 Å². The minimum Gasteiger partial charge on any atom is -0.468 e. The maximum atomic E-state index is 12.8. The molecule has 0 heterocycles. The van der Waals surface area contributed by atoms with Crippen LogP contribution in [-0.2, 0) is 28.9 Å². The van der Waals surface area contributed by atoms with E-state index in [1.54, 1.807) is 18.2 Å². The fourth-order valence-electron chi connectivity index (χ4n) is 2.37. The predicted molar refractivity (Wildman–Crippen MR) is 92.2 cm³/mol. The Bertz CT molecular complexity index is 785. The molecule has 0 aromatic heterocycles. The van der Waals surface area contributed by atoms with Crippen molar-refractivity contribution in [3.8, 4) is 0 Å². The van der Waals surface area contributed by atoms with E-state index in [2.05, 4.69) is 18.9 Å². The number of hydrogen-bond donors (Lipinski definition) is 0. The highest BCUT2D eigenvalue weighted by atomic mass is 32.2. The zero-order valence-electron chi connectivity index (χ0n) is 14.2. The summed E-state index contributed by atoms with van der Waals surface area (Å²) in [6.07, 6.45) is 0.657. The molecule has 0 aliphatic carbocycles. The Morgan fingerprint density at radius 2 is 1.68 bits per heavy atom. The maximum Gasteiger partial charge on any atom is 0.323 e. The molecule has 0 spiro atoms. The van der Waals surface area contributed by atoms with Gasteiger partial charge in [-0.2, -0.15) is 0 Å². The van der Waals surface area contributed by atoms with Crippen molar-refractivity contribution in [3.05, 3.63) is 60.2 Å². The zero-order valence-corrected chi connectivity index (χ0v) is 15.0. The van der Waals surface area contributed by atoms with Gasteiger partial charge in [-0.25, -0.2) is 8.42 Å². The Morgan fingerprint density at radius 3 is 2.08 bits per heavy atom. The molecule has 0 radical (unpaired) electrons. The molecule has 6 nitrogen and oxygen atoms in total. The van der Waals surface area contributed by atoms with Gasteiger partial charge < -0.3 is 9.47 Å².